The third-order valence-electron chi connectivity index (χ3n) is 8.11. The molecule has 1 aliphatic heterocycles. The van der Waals surface area contributed by atoms with Crippen LogP contribution in [0.1, 0.15) is 57.5 Å². The van der Waals surface area contributed by atoms with Crippen LogP contribution in [-0.4, -0.2) is 155 Å². The summed E-state index contributed by atoms with van der Waals surface area (Å²) in [7, 11) is -9.08. The van der Waals surface area contributed by atoms with E-state index >= 15 is 0 Å². The molecule has 2 rings (SSSR count). The van der Waals surface area contributed by atoms with Crippen LogP contribution < -0.4 is 5.32 Å². The number of carbonyl (C=O) groups is 2. The maximum Gasteiger partial charge on any atom is 0.418 e. The molecule has 3 atom stereocenters. The number of esters is 1. The van der Waals surface area contributed by atoms with Gasteiger partial charge in [-0.1, -0.05) is 0 Å². The number of ether oxygens (including phenoxy) is 1. The second-order valence-corrected chi connectivity index (χ2v) is 22.4. The normalized spacial score (nSPS) is 20.1. The Kier molecular flexibility index (Phi) is 19.1. The smallest absolute Gasteiger partial charge is 0.418 e. The van der Waals surface area contributed by atoms with Crippen LogP contribution in [0.25, 0.3) is 0 Å². The average molecular weight is 834 g/mol. The monoisotopic (exact) mass is 833 g/mol. The van der Waals surface area contributed by atoms with Crippen LogP contribution in [0.2, 0.25) is 0 Å². The lowest BCUT2D eigenvalue weighted by Crippen LogP contribution is -2.47. The number of anilines is 1. The van der Waals surface area contributed by atoms with E-state index in [2.05, 4.69) is 5.32 Å². The van der Waals surface area contributed by atoms with Gasteiger partial charge in [0.05, 0.1) is 62.0 Å². The van der Waals surface area contributed by atoms with Gasteiger partial charge in [-0.05, 0) is 59.7 Å². The fourth-order valence-electron chi connectivity index (χ4n) is 5.94. The van der Waals surface area contributed by atoms with Crippen LogP contribution in [0.3, 0.4) is 0 Å². The molecule has 1 aromatic rings. The minimum atomic E-state index is -4.89. The SMILES string of the molecule is CCOP(C)(=O)CN1CCN(CC(=O)Nc2ccc(C(=O)OC(C)(C)C)cc2C(F)(F)F)CCN(CP(C)(=O)OCC)CCN(CP(C)(=O)OCC)CC1. The van der Waals surface area contributed by atoms with Gasteiger partial charge in [-0.25, -0.2) is 4.79 Å². The van der Waals surface area contributed by atoms with Crippen molar-refractivity contribution in [2.24, 2.45) is 0 Å². The lowest BCUT2D eigenvalue weighted by Gasteiger charge is -2.35. The predicted octanol–water partition coefficient (Wildman–Crippen LogP) is 6.53. The highest BCUT2D eigenvalue weighted by molar-refractivity contribution is 7.58. The molecular formula is C34H61F3N5O9P3. The van der Waals surface area contributed by atoms with Crippen LogP contribution in [0.5, 0.6) is 0 Å². The molecule has 0 bridgehead atoms. The lowest BCUT2D eigenvalue weighted by atomic mass is 10.1. The maximum atomic E-state index is 14.2. The van der Waals surface area contributed by atoms with Gasteiger partial charge in [-0.2, -0.15) is 13.2 Å². The molecule has 1 fully saturated rings. The summed E-state index contributed by atoms with van der Waals surface area (Å²) in [6, 6.07) is 2.86. The first kappa shape index (κ1) is 48.5. The number of nitrogens with zero attached hydrogens (tertiary/aromatic N) is 4. The Bertz CT molecular complexity index is 1490. The van der Waals surface area contributed by atoms with Crippen molar-refractivity contribution in [3.63, 3.8) is 0 Å². The molecule has 0 aliphatic carbocycles. The van der Waals surface area contributed by atoms with Gasteiger partial charge in [0.25, 0.3) is 0 Å². The summed E-state index contributed by atoms with van der Waals surface area (Å²) in [4.78, 5) is 33.7. The van der Waals surface area contributed by atoms with Crippen molar-refractivity contribution in [3.8, 4) is 0 Å². The molecule has 54 heavy (non-hydrogen) atoms. The van der Waals surface area contributed by atoms with E-state index in [1.54, 1.807) is 66.4 Å². The van der Waals surface area contributed by atoms with Crippen molar-refractivity contribution in [2.45, 2.75) is 53.3 Å². The van der Waals surface area contributed by atoms with Crippen LogP contribution in [0, 0.1) is 0 Å². The molecule has 312 valence electrons. The Labute approximate surface area is 319 Å². The third-order valence-corrected chi connectivity index (χ3v) is 13.3. The highest BCUT2D eigenvalue weighted by atomic mass is 31.2. The molecule has 20 heteroatoms. The Hall–Kier alpha value is -1.64. The average Bonchev–Trinajstić information content (AvgIpc) is 3.00. The van der Waals surface area contributed by atoms with Gasteiger partial charge in [0.15, 0.2) is 0 Å². The van der Waals surface area contributed by atoms with Crippen molar-refractivity contribution in [3.05, 3.63) is 29.3 Å². The fourth-order valence-corrected chi connectivity index (χ4v) is 10.8. The van der Waals surface area contributed by atoms with E-state index in [0.29, 0.717) is 51.9 Å². The Morgan fingerprint density at radius 1 is 0.685 bits per heavy atom. The molecule has 3 unspecified atom stereocenters. The summed E-state index contributed by atoms with van der Waals surface area (Å²) < 4.78 is 104. The van der Waals surface area contributed by atoms with Crippen LogP contribution in [0.4, 0.5) is 18.9 Å². The number of rotatable bonds is 16. The van der Waals surface area contributed by atoms with Crippen LogP contribution >= 0.6 is 22.1 Å². The molecule has 1 amide bonds. The standard InChI is InChI=1S/C34H61F3N5O9P3/c1-10-48-52(7,45)25-40-17-15-39(24-31(43)38-30-14-13-28(23-29(30)34(35,36)37)32(44)51-33(4,5)6)16-18-41(26-53(8,46)49-11-2)20-22-42(21-19-40)27-54(9,47)50-12-3/h13-14,23H,10-12,15-22,24-27H2,1-9H3,(H,38,43). The summed E-state index contributed by atoms with van der Waals surface area (Å²) in [5.41, 5.74) is -2.94. The Morgan fingerprint density at radius 3 is 1.39 bits per heavy atom. The molecule has 1 heterocycles. The minimum absolute atomic E-state index is 0.113. The Morgan fingerprint density at radius 2 is 1.06 bits per heavy atom. The Balaban J connectivity index is 2.42. The first-order valence-corrected chi connectivity index (χ1v) is 24.9. The third kappa shape index (κ3) is 18.5. The van der Waals surface area contributed by atoms with Gasteiger partial charge in [0, 0.05) is 72.4 Å². The van der Waals surface area contributed by atoms with E-state index in [-0.39, 0.29) is 57.3 Å². The highest BCUT2D eigenvalue weighted by Crippen LogP contribution is 2.45. The van der Waals surface area contributed by atoms with Gasteiger partial charge >= 0.3 is 12.1 Å². The largest absolute Gasteiger partial charge is 0.456 e. The zero-order valence-corrected chi connectivity index (χ0v) is 36.0. The topological polar surface area (TPSA) is 147 Å². The summed E-state index contributed by atoms with van der Waals surface area (Å²) in [6.07, 6.45) is -4.48. The molecule has 1 aromatic carbocycles. The molecule has 1 aliphatic rings. The predicted molar refractivity (Wildman–Crippen MR) is 206 cm³/mol. The number of nitrogens with one attached hydrogen (secondary N) is 1. The van der Waals surface area contributed by atoms with E-state index < -0.39 is 57.0 Å². The van der Waals surface area contributed by atoms with Gasteiger partial charge in [0.1, 0.15) is 5.60 Å². The number of halogens is 3. The molecule has 0 saturated carbocycles. The molecule has 0 aromatic heterocycles. The molecule has 1 saturated heterocycles. The van der Waals surface area contributed by atoms with Crippen molar-refractivity contribution >= 4 is 39.7 Å². The summed E-state index contributed by atoms with van der Waals surface area (Å²) in [6.45, 7) is 18.1. The second-order valence-electron chi connectivity index (χ2n) is 14.7. The first-order chi connectivity index (χ1) is 24.9. The van der Waals surface area contributed by atoms with Crippen LogP contribution in [-0.2, 0) is 43.0 Å². The number of carbonyl (C=O) groups excluding carboxylic acids is 2. The van der Waals surface area contributed by atoms with Gasteiger partial charge in [-0.15, -0.1) is 0 Å². The van der Waals surface area contributed by atoms with Crippen molar-refractivity contribution in [1.29, 1.82) is 0 Å². The summed E-state index contributed by atoms with van der Waals surface area (Å²) >= 11 is 0. The molecular weight excluding hydrogens is 772 g/mol. The maximum absolute atomic E-state index is 14.2. The zero-order chi connectivity index (χ0) is 41.0. The van der Waals surface area contributed by atoms with E-state index in [9.17, 15) is 36.5 Å². The minimum Gasteiger partial charge on any atom is -0.456 e. The lowest BCUT2D eigenvalue weighted by molar-refractivity contribution is -0.137. The second kappa shape index (κ2) is 21.2. The van der Waals surface area contributed by atoms with E-state index in [1.165, 1.54) is 6.07 Å². The molecule has 0 spiro atoms. The number of hydrogen-bond donors (Lipinski definition) is 1. The summed E-state index contributed by atoms with van der Waals surface area (Å²) in [5, 5.41) is 2.38. The van der Waals surface area contributed by atoms with Gasteiger partial charge in [-0.3, -0.25) is 38.1 Å². The summed E-state index contributed by atoms with van der Waals surface area (Å²) in [5.74, 6) is -1.65. The zero-order valence-electron chi connectivity index (χ0n) is 33.3. The first-order valence-electron chi connectivity index (χ1n) is 18.1. The fraction of sp³-hybridized carbons (Fsp3) is 0.765. The number of amides is 1. The van der Waals surface area contributed by atoms with Crippen LogP contribution in [0.15, 0.2) is 18.2 Å². The van der Waals surface area contributed by atoms with E-state index in [1.807, 2.05) is 14.7 Å². The molecule has 14 nitrogen and oxygen atoms in total. The highest BCUT2D eigenvalue weighted by Gasteiger charge is 2.36. The number of hydrogen-bond acceptors (Lipinski definition) is 13. The molecule has 0 radical (unpaired) electrons. The quantitative estimate of drug-likeness (QED) is 0.142. The molecule has 1 N–H and O–H groups in total. The van der Waals surface area contributed by atoms with Gasteiger partial charge < -0.3 is 23.6 Å². The number of benzene rings is 1. The van der Waals surface area contributed by atoms with Crippen molar-refractivity contribution in [2.75, 3.05) is 123 Å². The van der Waals surface area contributed by atoms with E-state index in [4.69, 9.17) is 18.3 Å². The number of alkyl halides is 3. The van der Waals surface area contributed by atoms with Gasteiger partial charge in [0.2, 0.25) is 28.0 Å². The van der Waals surface area contributed by atoms with Crippen molar-refractivity contribution < 1.29 is 54.8 Å². The van der Waals surface area contributed by atoms with E-state index in [0.717, 1.165) is 6.07 Å². The van der Waals surface area contributed by atoms with Crippen molar-refractivity contribution in [1.82, 2.24) is 19.6 Å².